The smallest absolute Gasteiger partial charge is 0.220 e. The summed E-state index contributed by atoms with van der Waals surface area (Å²) < 4.78 is 0. The molecule has 3 aliphatic rings. The molecule has 0 saturated carbocycles. The van der Waals surface area contributed by atoms with Gasteiger partial charge in [0.25, 0.3) is 0 Å². The standard InChI is InChI=1S/C21H31N3O.2ClH/c25-21(14-16-12-18-8-9-19(13-16)23-18)22-15-20(24-10-4-5-11-24)17-6-2-1-3-7-17;;/h1-3,6-7,16,18-20,23H,4-5,8-15H2,(H,22,25);2*1H. The van der Waals surface area contributed by atoms with Crippen LogP contribution in [0.15, 0.2) is 30.3 Å². The molecule has 4 nitrogen and oxygen atoms in total. The largest absolute Gasteiger partial charge is 0.354 e. The Morgan fingerprint density at radius 1 is 1.07 bits per heavy atom. The molecule has 0 aliphatic carbocycles. The molecule has 6 heteroatoms. The number of hydrogen-bond acceptors (Lipinski definition) is 3. The third-order valence-corrected chi connectivity index (χ3v) is 6.30. The second-order valence-electron chi connectivity index (χ2n) is 8.15. The number of carbonyl (C=O) groups is 1. The molecule has 3 fully saturated rings. The number of likely N-dealkylation sites (tertiary alicyclic amines) is 1. The van der Waals surface area contributed by atoms with Gasteiger partial charge in [0.1, 0.15) is 0 Å². The zero-order valence-electron chi connectivity index (χ0n) is 15.9. The zero-order chi connectivity index (χ0) is 17.1. The molecule has 0 radical (unpaired) electrons. The van der Waals surface area contributed by atoms with Crippen molar-refractivity contribution in [1.82, 2.24) is 15.5 Å². The monoisotopic (exact) mass is 413 g/mol. The van der Waals surface area contributed by atoms with Gasteiger partial charge in [-0.15, -0.1) is 24.8 Å². The highest BCUT2D eigenvalue weighted by Gasteiger charge is 2.34. The highest BCUT2D eigenvalue weighted by Crippen LogP contribution is 2.32. The van der Waals surface area contributed by atoms with Gasteiger partial charge in [-0.05, 0) is 63.1 Å². The maximum atomic E-state index is 12.5. The van der Waals surface area contributed by atoms with Crippen LogP contribution in [0.4, 0.5) is 0 Å². The van der Waals surface area contributed by atoms with E-state index < -0.39 is 0 Å². The summed E-state index contributed by atoms with van der Waals surface area (Å²) in [5, 5.41) is 6.92. The van der Waals surface area contributed by atoms with Crippen molar-refractivity contribution in [3.05, 3.63) is 35.9 Å². The van der Waals surface area contributed by atoms with E-state index in [0.717, 1.165) is 19.6 Å². The number of carbonyl (C=O) groups excluding carboxylic acids is 1. The predicted molar refractivity (Wildman–Crippen MR) is 115 cm³/mol. The van der Waals surface area contributed by atoms with Gasteiger partial charge in [0.05, 0.1) is 6.04 Å². The van der Waals surface area contributed by atoms with E-state index >= 15 is 0 Å². The van der Waals surface area contributed by atoms with Crippen LogP contribution >= 0.6 is 24.8 Å². The Morgan fingerprint density at radius 3 is 2.33 bits per heavy atom. The molecule has 152 valence electrons. The van der Waals surface area contributed by atoms with Crippen molar-refractivity contribution in [2.75, 3.05) is 19.6 Å². The summed E-state index contributed by atoms with van der Waals surface area (Å²) in [4.78, 5) is 15.1. The van der Waals surface area contributed by atoms with Gasteiger partial charge < -0.3 is 10.6 Å². The summed E-state index contributed by atoms with van der Waals surface area (Å²) in [6, 6.07) is 12.3. The first-order valence-electron chi connectivity index (χ1n) is 10.1. The maximum Gasteiger partial charge on any atom is 0.220 e. The minimum Gasteiger partial charge on any atom is -0.354 e. The minimum atomic E-state index is 0. The van der Waals surface area contributed by atoms with E-state index in [9.17, 15) is 4.79 Å². The highest BCUT2D eigenvalue weighted by molar-refractivity contribution is 5.85. The summed E-state index contributed by atoms with van der Waals surface area (Å²) in [5.41, 5.74) is 1.32. The number of amides is 1. The highest BCUT2D eigenvalue weighted by atomic mass is 35.5. The minimum absolute atomic E-state index is 0. The molecule has 3 atom stereocenters. The molecule has 3 aliphatic heterocycles. The predicted octanol–water partition coefficient (Wildman–Crippen LogP) is 3.70. The van der Waals surface area contributed by atoms with Gasteiger partial charge in [0.2, 0.25) is 5.91 Å². The first kappa shape index (κ1) is 22.5. The molecule has 1 amide bonds. The van der Waals surface area contributed by atoms with E-state index in [0.29, 0.717) is 30.5 Å². The van der Waals surface area contributed by atoms with Crippen LogP contribution in [0.5, 0.6) is 0 Å². The number of fused-ring (bicyclic) bond motifs is 2. The van der Waals surface area contributed by atoms with Crippen molar-refractivity contribution in [2.24, 2.45) is 5.92 Å². The van der Waals surface area contributed by atoms with Gasteiger partial charge in [0, 0.05) is 25.0 Å². The molecule has 1 aromatic rings. The number of hydrogen-bond donors (Lipinski definition) is 2. The van der Waals surface area contributed by atoms with Crippen LogP contribution in [0.1, 0.15) is 56.6 Å². The second-order valence-corrected chi connectivity index (χ2v) is 8.15. The Bertz CT molecular complexity index is 568. The molecule has 0 aromatic heterocycles. The van der Waals surface area contributed by atoms with Gasteiger partial charge in [-0.25, -0.2) is 0 Å². The summed E-state index contributed by atoms with van der Waals surface area (Å²) in [6.07, 6.45) is 8.21. The van der Waals surface area contributed by atoms with Crippen molar-refractivity contribution >= 4 is 30.7 Å². The number of nitrogens with zero attached hydrogens (tertiary/aromatic N) is 1. The van der Waals surface area contributed by atoms with Crippen molar-refractivity contribution in [1.29, 1.82) is 0 Å². The molecule has 0 spiro atoms. The normalized spacial score (nSPS) is 28.1. The molecule has 27 heavy (non-hydrogen) atoms. The van der Waals surface area contributed by atoms with Crippen molar-refractivity contribution < 1.29 is 4.79 Å². The summed E-state index contributed by atoms with van der Waals surface area (Å²) in [6.45, 7) is 3.03. The van der Waals surface area contributed by atoms with E-state index in [1.54, 1.807) is 0 Å². The summed E-state index contributed by atoms with van der Waals surface area (Å²) in [7, 11) is 0. The molecule has 1 aromatic carbocycles. The average Bonchev–Trinajstić information content (AvgIpc) is 3.26. The van der Waals surface area contributed by atoms with E-state index in [-0.39, 0.29) is 30.7 Å². The Labute approximate surface area is 175 Å². The summed E-state index contributed by atoms with van der Waals surface area (Å²) >= 11 is 0. The molecule has 2 bridgehead atoms. The molecule has 4 rings (SSSR count). The molecule has 3 heterocycles. The molecule has 3 saturated heterocycles. The van der Waals surface area contributed by atoms with Crippen LogP contribution < -0.4 is 10.6 Å². The number of nitrogens with one attached hydrogen (secondary N) is 2. The quantitative estimate of drug-likeness (QED) is 0.746. The maximum absolute atomic E-state index is 12.5. The van der Waals surface area contributed by atoms with Crippen LogP contribution in [-0.2, 0) is 4.79 Å². The lowest BCUT2D eigenvalue weighted by Gasteiger charge is -2.30. The molecular formula is C21H33Cl2N3O. The van der Waals surface area contributed by atoms with E-state index in [1.807, 2.05) is 0 Å². The lowest BCUT2D eigenvalue weighted by atomic mass is 9.89. The van der Waals surface area contributed by atoms with E-state index in [2.05, 4.69) is 45.9 Å². The number of halogens is 2. The zero-order valence-corrected chi connectivity index (χ0v) is 17.6. The van der Waals surface area contributed by atoms with Gasteiger partial charge in [-0.2, -0.15) is 0 Å². The van der Waals surface area contributed by atoms with Crippen LogP contribution in [0.2, 0.25) is 0 Å². The Kier molecular flexibility index (Phi) is 8.87. The van der Waals surface area contributed by atoms with E-state index in [4.69, 9.17) is 0 Å². The lowest BCUT2D eigenvalue weighted by Crippen LogP contribution is -2.41. The first-order valence-corrected chi connectivity index (χ1v) is 10.1. The van der Waals surface area contributed by atoms with Gasteiger partial charge in [0.15, 0.2) is 0 Å². The van der Waals surface area contributed by atoms with Crippen molar-refractivity contribution in [2.45, 2.75) is 63.1 Å². The average molecular weight is 414 g/mol. The lowest BCUT2D eigenvalue weighted by molar-refractivity contribution is -0.122. The van der Waals surface area contributed by atoms with Crippen molar-refractivity contribution in [3.8, 4) is 0 Å². The van der Waals surface area contributed by atoms with Crippen LogP contribution in [0.3, 0.4) is 0 Å². The fraction of sp³-hybridized carbons (Fsp3) is 0.667. The number of rotatable bonds is 6. The van der Waals surface area contributed by atoms with Gasteiger partial charge in [-0.3, -0.25) is 9.69 Å². The second kappa shape index (κ2) is 10.7. The fourth-order valence-electron chi connectivity index (χ4n) is 5.07. The number of benzene rings is 1. The third kappa shape index (κ3) is 5.83. The third-order valence-electron chi connectivity index (χ3n) is 6.30. The molecular weight excluding hydrogens is 381 g/mol. The Balaban J connectivity index is 0.00000131. The van der Waals surface area contributed by atoms with Crippen LogP contribution in [0, 0.1) is 5.92 Å². The first-order chi connectivity index (χ1) is 12.3. The molecule has 2 N–H and O–H groups in total. The topological polar surface area (TPSA) is 44.4 Å². The van der Waals surface area contributed by atoms with E-state index in [1.165, 1.54) is 44.1 Å². The Morgan fingerprint density at radius 2 is 1.70 bits per heavy atom. The Hall–Kier alpha value is -0.810. The van der Waals surface area contributed by atoms with Crippen molar-refractivity contribution in [3.63, 3.8) is 0 Å². The SMILES string of the molecule is Cl.Cl.O=C(CC1CC2CCC(C1)N2)NCC(c1ccccc1)N1CCCC1. The number of piperidine rings is 1. The van der Waals surface area contributed by atoms with Gasteiger partial charge >= 0.3 is 0 Å². The fourth-order valence-corrected chi connectivity index (χ4v) is 5.07. The summed E-state index contributed by atoms with van der Waals surface area (Å²) in [5.74, 6) is 0.812. The van der Waals surface area contributed by atoms with Crippen LogP contribution in [0.25, 0.3) is 0 Å². The van der Waals surface area contributed by atoms with Crippen LogP contribution in [-0.4, -0.2) is 42.5 Å². The molecule has 3 unspecified atom stereocenters. The van der Waals surface area contributed by atoms with Gasteiger partial charge in [-0.1, -0.05) is 30.3 Å².